The smallest absolute Gasteiger partial charge is 0.241 e. The lowest BCUT2D eigenvalue weighted by Gasteiger charge is -2.30. The molecule has 6 nitrogen and oxygen atoms in total. The fraction of sp³-hybridized carbons (Fsp3) is 0.318. The van der Waals surface area contributed by atoms with Crippen LogP contribution < -0.4 is 5.32 Å². The number of amides is 1. The van der Waals surface area contributed by atoms with Gasteiger partial charge in [-0.1, -0.05) is 47.6 Å². The standard InChI is InChI=1S/C22H24N4O2/c1-16-8-5-6-12-19(16)21-24-20(28-25-21)15-26-13-7-9-17(14-26)22(27)23-18-10-3-2-4-11-18/h2-6,8,10-12,17H,7,9,13-15H2,1H3,(H,23,27)/t17-/m0/s1. The van der Waals surface area contributed by atoms with Crippen LogP contribution in [0.2, 0.25) is 0 Å². The van der Waals surface area contributed by atoms with Crippen LogP contribution in [0, 0.1) is 12.8 Å². The quantitative estimate of drug-likeness (QED) is 0.731. The van der Waals surface area contributed by atoms with Gasteiger partial charge in [-0.15, -0.1) is 0 Å². The van der Waals surface area contributed by atoms with Crippen molar-refractivity contribution in [2.45, 2.75) is 26.3 Å². The van der Waals surface area contributed by atoms with E-state index in [2.05, 4.69) is 20.4 Å². The molecule has 0 unspecified atom stereocenters. The summed E-state index contributed by atoms with van der Waals surface area (Å²) >= 11 is 0. The summed E-state index contributed by atoms with van der Waals surface area (Å²) in [5.74, 6) is 1.24. The number of aryl methyl sites for hydroxylation is 1. The fourth-order valence-electron chi connectivity index (χ4n) is 3.62. The number of nitrogens with one attached hydrogen (secondary N) is 1. The Morgan fingerprint density at radius 2 is 1.96 bits per heavy atom. The van der Waals surface area contributed by atoms with Gasteiger partial charge in [-0.3, -0.25) is 9.69 Å². The average molecular weight is 376 g/mol. The summed E-state index contributed by atoms with van der Waals surface area (Å²) < 4.78 is 5.46. The van der Waals surface area contributed by atoms with Crippen molar-refractivity contribution in [1.82, 2.24) is 15.0 Å². The van der Waals surface area contributed by atoms with E-state index in [4.69, 9.17) is 4.52 Å². The molecular weight excluding hydrogens is 352 g/mol. The molecule has 0 radical (unpaired) electrons. The Bertz CT molecular complexity index is 938. The van der Waals surface area contributed by atoms with E-state index in [0.29, 0.717) is 24.8 Å². The molecule has 0 spiro atoms. The monoisotopic (exact) mass is 376 g/mol. The number of carbonyl (C=O) groups is 1. The van der Waals surface area contributed by atoms with E-state index in [1.54, 1.807) is 0 Å². The molecule has 1 amide bonds. The Balaban J connectivity index is 1.38. The first-order chi connectivity index (χ1) is 13.7. The maximum atomic E-state index is 12.6. The molecule has 2 heterocycles. The van der Waals surface area contributed by atoms with Crippen LogP contribution in [0.5, 0.6) is 0 Å². The van der Waals surface area contributed by atoms with Gasteiger partial charge in [0.05, 0.1) is 12.5 Å². The van der Waals surface area contributed by atoms with E-state index in [0.717, 1.165) is 36.2 Å². The molecule has 1 saturated heterocycles. The molecule has 144 valence electrons. The Kier molecular flexibility index (Phi) is 5.48. The number of carbonyl (C=O) groups excluding carboxylic acids is 1. The van der Waals surface area contributed by atoms with Crippen LogP contribution in [0.3, 0.4) is 0 Å². The molecule has 1 aliphatic rings. The molecule has 1 aromatic heterocycles. The van der Waals surface area contributed by atoms with Gasteiger partial charge in [0, 0.05) is 17.8 Å². The largest absolute Gasteiger partial charge is 0.338 e. The predicted octanol–water partition coefficient (Wildman–Crippen LogP) is 3.90. The lowest BCUT2D eigenvalue weighted by molar-refractivity contribution is -0.121. The average Bonchev–Trinajstić information content (AvgIpc) is 3.17. The molecule has 1 atom stereocenters. The van der Waals surface area contributed by atoms with Crippen LogP contribution >= 0.6 is 0 Å². The first kappa shape index (κ1) is 18.4. The normalized spacial score (nSPS) is 17.4. The Labute approximate surface area is 164 Å². The second kappa shape index (κ2) is 8.35. The second-order valence-electron chi connectivity index (χ2n) is 7.26. The molecule has 0 aliphatic carbocycles. The number of likely N-dealkylation sites (tertiary alicyclic amines) is 1. The maximum Gasteiger partial charge on any atom is 0.241 e. The van der Waals surface area contributed by atoms with Crippen molar-refractivity contribution in [3.63, 3.8) is 0 Å². The summed E-state index contributed by atoms with van der Waals surface area (Å²) in [4.78, 5) is 19.4. The van der Waals surface area contributed by atoms with Crippen molar-refractivity contribution in [1.29, 1.82) is 0 Å². The minimum absolute atomic E-state index is 0.0345. The highest BCUT2D eigenvalue weighted by Gasteiger charge is 2.27. The molecule has 0 saturated carbocycles. The summed E-state index contributed by atoms with van der Waals surface area (Å²) in [6.07, 6.45) is 1.87. The highest BCUT2D eigenvalue weighted by molar-refractivity contribution is 5.92. The number of para-hydroxylation sites is 1. The highest BCUT2D eigenvalue weighted by atomic mass is 16.5. The summed E-state index contributed by atoms with van der Waals surface area (Å²) in [7, 11) is 0. The number of hydrogen-bond donors (Lipinski definition) is 1. The van der Waals surface area contributed by atoms with Crippen LogP contribution in [-0.2, 0) is 11.3 Å². The van der Waals surface area contributed by atoms with Gasteiger partial charge in [0.15, 0.2) is 0 Å². The number of nitrogens with zero attached hydrogens (tertiary/aromatic N) is 3. The first-order valence-corrected chi connectivity index (χ1v) is 9.66. The van der Waals surface area contributed by atoms with Crippen LogP contribution in [0.15, 0.2) is 59.1 Å². The zero-order valence-electron chi connectivity index (χ0n) is 16.0. The summed E-state index contributed by atoms with van der Waals surface area (Å²) in [5.41, 5.74) is 2.94. The van der Waals surface area contributed by atoms with Gasteiger partial charge >= 0.3 is 0 Å². The number of piperidine rings is 1. The van der Waals surface area contributed by atoms with Gasteiger partial charge in [-0.25, -0.2) is 0 Å². The van der Waals surface area contributed by atoms with Crippen molar-refractivity contribution < 1.29 is 9.32 Å². The van der Waals surface area contributed by atoms with E-state index in [1.807, 2.05) is 61.5 Å². The summed E-state index contributed by atoms with van der Waals surface area (Å²) in [5, 5.41) is 7.14. The molecule has 6 heteroatoms. The molecule has 1 fully saturated rings. The maximum absolute atomic E-state index is 12.6. The molecular formula is C22H24N4O2. The molecule has 28 heavy (non-hydrogen) atoms. The highest BCUT2D eigenvalue weighted by Crippen LogP contribution is 2.23. The third-order valence-corrected chi connectivity index (χ3v) is 5.13. The minimum atomic E-state index is -0.0345. The van der Waals surface area contributed by atoms with Crippen molar-refractivity contribution in [2.75, 3.05) is 18.4 Å². The van der Waals surface area contributed by atoms with Crippen molar-refractivity contribution in [3.05, 3.63) is 66.1 Å². The van der Waals surface area contributed by atoms with Gasteiger partial charge in [0.1, 0.15) is 0 Å². The molecule has 1 N–H and O–H groups in total. The van der Waals surface area contributed by atoms with Crippen LogP contribution in [0.1, 0.15) is 24.3 Å². The number of hydrogen-bond acceptors (Lipinski definition) is 5. The van der Waals surface area contributed by atoms with Crippen LogP contribution in [0.25, 0.3) is 11.4 Å². The number of rotatable bonds is 5. The minimum Gasteiger partial charge on any atom is -0.338 e. The second-order valence-corrected chi connectivity index (χ2v) is 7.26. The Hall–Kier alpha value is -2.99. The van der Waals surface area contributed by atoms with Crippen molar-refractivity contribution >= 4 is 11.6 Å². The van der Waals surface area contributed by atoms with Crippen molar-refractivity contribution in [3.8, 4) is 11.4 Å². The van der Waals surface area contributed by atoms with Gasteiger partial charge in [0.25, 0.3) is 0 Å². The van der Waals surface area contributed by atoms with E-state index < -0.39 is 0 Å². The SMILES string of the molecule is Cc1ccccc1-c1noc(CN2CCC[C@H](C(=O)Nc3ccccc3)C2)n1. The zero-order valence-corrected chi connectivity index (χ0v) is 16.0. The van der Waals surface area contributed by atoms with Crippen LogP contribution in [0.4, 0.5) is 5.69 Å². The predicted molar refractivity (Wildman–Crippen MR) is 108 cm³/mol. The van der Waals surface area contributed by atoms with Gasteiger partial charge in [-0.05, 0) is 44.0 Å². The molecule has 0 bridgehead atoms. The number of anilines is 1. The van der Waals surface area contributed by atoms with E-state index in [9.17, 15) is 4.79 Å². The topological polar surface area (TPSA) is 71.3 Å². The molecule has 1 aliphatic heterocycles. The Morgan fingerprint density at radius 1 is 1.18 bits per heavy atom. The van der Waals surface area contributed by atoms with Crippen molar-refractivity contribution in [2.24, 2.45) is 5.92 Å². The summed E-state index contributed by atoms with van der Waals surface area (Å²) in [6.45, 7) is 4.22. The molecule has 2 aromatic carbocycles. The lowest BCUT2D eigenvalue weighted by Crippen LogP contribution is -2.40. The van der Waals surface area contributed by atoms with E-state index in [1.165, 1.54) is 0 Å². The molecule has 4 rings (SSSR count). The van der Waals surface area contributed by atoms with E-state index in [-0.39, 0.29) is 11.8 Å². The van der Waals surface area contributed by atoms with E-state index >= 15 is 0 Å². The van der Waals surface area contributed by atoms with Gasteiger partial charge in [-0.2, -0.15) is 4.98 Å². The zero-order chi connectivity index (χ0) is 19.3. The van der Waals surface area contributed by atoms with Gasteiger partial charge < -0.3 is 9.84 Å². The number of aromatic nitrogens is 2. The van der Waals surface area contributed by atoms with Crippen LogP contribution in [-0.4, -0.2) is 34.0 Å². The first-order valence-electron chi connectivity index (χ1n) is 9.66. The third-order valence-electron chi connectivity index (χ3n) is 5.13. The fourth-order valence-corrected chi connectivity index (χ4v) is 3.62. The Morgan fingerprint density at radius 3 is 2.79 bits per heavy atom. The third kappa shape index (κ3) is 4.28. The number of benzene rings is 2. The lowest BCUT2D eigenvalue weighted by atomic mass is 9.97. The summed E-state index contributed by atoms with van der Waals surface area (Å²) in [6, 6.07) is 17.6. The van der Waals surface area contributed by atoms with Gasteiger partial charge in [0.2, 0.25) is 17.6 Å². The molecule has 3 aromatic rings.